The van der Waals surface area contributed by atoms with Crippen molar-refractivity contribution in [3.8, 4) is 0 Å². The van der Waals surface area contributed by atoms with Gasteiger partial charge in [-0.2, -0.15) is 0 Å². The quantitative estimate of drug-likeness (QED) is 0.760. The molecule has 0 aliphatic carbocycles. The number of thiophene rings is 1. The van der Waals surface area contributed by atoms with Crippen LogP contribution < -0.4 is 5.32 Å². The Morgan fingerprint density at radius 3 is 2.67 bits per heavy atom. The molecule has 1 unspecified atom stereocenters. The zero-order valence-electron chi connectivity index (χ0n) is 12.7. The number of pyridine rings is 1. The molecule has 3 heteroatoms. The van der Waals surface area contributed by atoms with Crippen molar-refractivity contribution >= 4 is 22.2 Å². The van der Waals surface area contributed by atoms with Gasteiger partial charge in [-0.3, -0.25) is 4.98 Å². The second-order valence-electron chi connectivity index (χ2n) is 5.32. The lowest BCUT2D eigenvalue weighted by molar-refractivity contribution is 0.626. The van der Waals surface area contributed by atoms with Crippen LogP contribution in [0, 0.1) is 13.8 Å². The van der Waals surface area contributed by atoms with E-state index in [1.54, 1.807) is 0 Å². The minimum atomic E-state index is 0.178. The fourth-order valence-corrected chi connectivity index (χ4v) is 3.65. The molecular weight excluding hydrogens is 276 g/mol. The Morgan fingerprint density at radius 2 is 1.95 bits per heavy atom. The number of nitrogens with one attached hydrogen (secondary N) is 1. The third-order valence-corrected chi connectivity index (χ3v) is 4.76. The fraction of sp³-hybridized carbons (Fsp3) is 0.278. The summed E-state index contributed by atoms with van der Waals surface area (Å²) in [5.41, 5.74) is 3.46. The lowest BCUT2D eigenvalue weighted by Gasteiger charge is -2.17. The van der Waals surface area contributed by atoms with Crippen LogP contribution in [0.25, 0.3) is 10.9 Å². The lowest BCUT2D eigenvalue weighted by Crippen LogP contribution is -2.22. The molecule has 0 fully saturated rings. The van der Waals surface area contributed by atoms with Crippen molar-refractivity contribution in [3.05, 3.63) is 63.5 Å². The van der Waals surface area contributed by atoms with Gasteiger partial charge in [0.25, 0.3) is 0 Å². The molecule has 3 rings (SSSR count). The van der Waals surface area contributed by atoms with Gasteiger partial charge in [0.1, 0.15) is 0 Å². The van der Waals surface area contributed by atoms with Gasteiger partial charge in [0.2, 0.25) is 0 Å². The molecule has 0 aliphatic rings. The number of aryl methyl sites for hydroxylation is 2. The summed E-state index contributed by atoms with van der Waals surface area (Å²) in [5, 5.41) is 4.80. The smallest absolute Gasteiger partial charge is 0.0845 e. The maximum absolute atomic E-state index is 4.88. The van der Waals surface area contributed by atoms with Crippen molar-refractivity contribution in [2.75, 3.05) is 6.54 Å². The van der Waals surface area contributed by atoms with Gasteiger partial charge < -0.3 is 5.32 Å². The summed E-state index contributed by atoms with van der Waals surface area (Å²) in [4.78, 5) is 7.55. The molecule has 3 aromatic rings. The van der Waals surface area contributed by atoms with Crippen LogP contribution in [0.15, 0.2) is 42.5 Å². The Morgan fingerprint density at radius 1 is 1.14 bits per heavy atom. The van der Waals surface area contributed by atoms with E-state index in [9.17, 15) is 0 Å². The van der Waals surface area contributed by atoms with Crippen molar-refractivity contribution in [2.24, 2.45) is 0 Å². The highest BCUT2D eigenvalue weighted by Gasteiger charge is 2.17. The van der Waals surface area contributed by atoms with E-state index < -0.39 is 0 Å². The fourth-order valence-electron chi connectivity index (χ4n) is 2.69. The number of nitrogens with zero attached hydrogens (tertiary/aromatic N) is 1. The van der Waals surface area contributed by atoms with Gasteiger partial charge >= 0.3 is 0 Å². The molecule has 0 bridgehead atoms. The Labute approximate surface area is 129 Å². The molecule has 108 valence electrons. The van der Waals surface area contributed by atoms with E-state index >= 15 is 0 Å². The van der Waals surface area contributed by atoms with E-state index in [2.05, 4.69) is 68.6 Å². The first kappa shape index (κ1) is 14.2. The number of benzene rings is 1. The normalized spacial score (nSPS) is 12.7. The molecule has 0 amide bonds. The summed E-state index contributed by atoms with van der Waals surface area (Å²) in [6.07, 6.45) is 0. The van der Waals surface area contributed by atoms with Crippen molar-refractivity contribution in [3.63, 3.8) is 0 Å². The number of para-hydroxylation sites is 1. The van der Waals surface area contributed by atoms with Crippen LogP contribution in [0.4, 0.5) is 0 Å². The van der Waals surface area contributed by atoms with E-state index in [0.29, 0.717) is 0 Å². The highest BCUT2D eigenvalue weighted by Crippen LogP contribution is 2.29. The summed E-state index contributed by atoms with van der Waals surface area (Å²) in [6.45, 7) is 7.38. The van der Waals surface area contributed by atoms with Gasteiger partial charge in [-0.15, -0.1) is 11.3 Å². The molecule has 2 heterocycles. The summed E-state index contributed by atoms with van der Waals surface area (Å²) >= 11 is 1.84. The third-order valence-electron chi connectivity index (χ3n) is 3.69. The molecule has 0 saturated carbocycles. The van der Waals surface area contributed by atoms with E-state index in [1.807, 2.05) is 11.3 Å². The third kappa shape index (κ3) is 2.85. The SMILES string of the molecule is CCNC(c1cc(C)c2ccccc2n1)c1ccc(C)s1. The summed E-state index contributed by atoms with van der Waals surface area (Å²) in [7, 11) is 0. The molecule has 0 saturated heterocycles. The number of aromatic nitrogens is 1. The topological polar surface area (TPSA) is 24.9 Å². The first-order chi connectivity index (χ1) is 10.2. The van der Waals surface area contributed by atoms with Crippen LogP contribution in [-0.2, 0) is 0 Å². The van der Waals surface area contributed by atoms with Crippen LogP contribution in [-0.4, -0.2) is 11.5 Å². The van der Waals surface area contributed by atoms with E-state index in [1.165, 1.54) is 20.7 Å². The number of hydrogen-bond acceptors (Lipinski definition) is 3. The van der Waals surface area contributed by atoms with Crippen LogP contribution in [0.5, 0.6) is 0 Å². The molecule has 1 N–H and O–H groups in total. The van der Waals surface area contributed by atoms with Gasteiger partial charge in [-0.25, -0.2) is 0 Å². The zero-order valence-corrected chi connectivity index (χ0v) is 13.5. The Bertz CT molecular complexity index is 761. The average Bonchev–Trinajstić information content (AvgIpc) is 2.91. The van der Waals surface area contributed by atoms with Gasteiger partial charge in [0.15, 0.2) is 0 Å². The minimum Gasteiger partial charge on any atom is -0.305 e. The molecule has 0 radical (unpaired) electrons. The molecular formula is C18H20N2S. The molecule has 1 aromatic carbocycles. The lowest BCUT2D eigenvalue weighted by atomic mass is 10.0. The predicted octanol–water partition coefficient (Wildman–Crippen LogP) is 4.61. The van der Waals surface area contributed by atoms with E-state index in [0.717, 1.165) is 17.8 Å². The van der Waals surface area contributed by atoms with Gasteiger partial charge in [0.05, 0.1) is 17.3 Å². The average molecular weight is 296 g/mol. The van der Waals surface area contributed by atoms with Crippen LogP contribution >= 0.6 is 11.3 Å². The largest absolute Gasteiger partial charge is 0.305 e. The minimum absolute atomic E-state index is 0.178. The van der Waals surface area contributed by atoms with Crippen molar-refractivity contribution < 1.29 is 0 Å². The molecule has 2 nitrogen and oxygen atoms in total. The second-order valence-corrected chi connectivity index (χ2v) is 6.64. The Balaban J connectivity index is 2.11. The van der Waals surface area contributed by atoms with Crippen molar-refractivity contribution in [1.82, 2.24) is 10.3 Å². The maximum atomic E-state index is 4.88. The number of rotatable bonds is 4. The van der Waals surface area contributed by atoms with Gasteiger partial charge in [-0.05, 0) is 50.2 Å². The predicted molar refractivity (Wildman–Crippen MR) is 91.1 cm³/mol. The summed E-state index contributed by atoms with van der Waals surface area (Å²) < 4.78 is 0. The molecule has 0 spiro atoms. The van der Waals surface area contributed by atoms with Gasteiger partial charge in [-0.1, -0.05) is 25.1 Å². The van der Waals surface area contributed by atoms with Crippen molar-refractivity contribution in [2.45, 2.75) is 26.8 Å². The first-order valence-corrected chi connectivity index (χ1v) is 8.16. The molecule has 1 atom stereocenters. The molecule has 21 heavy (non-hydrogen) atoms. The van der Waals surface area contributed by atoms with Crippen LogP contribution in [0.2, 0.25) is 0 Å². The van der Waals surface area contributed by atoms with Crippen molar-refractivity contribution in [1.29, 1.82) is 0 Å². The van der Waals surface area contributed by atoms with Gasteiger partial charge in [0, 0.05) is 15.1 Å². The zero-order chi connectivity index (χ0) is 14.8. The number of fused-ring (bicyclic) bond motifs is 1. The molecule has 0 aliphatic heterocycles. The van der Waals surface area contributed by atoms with E-state index in [4.69, 9.17) is 4.98 Å². The first-order valence-electron chi connectivity index (χ1n) is 7.35. The van der Waals surface area contributed by atoms with Crippen LogP contribution in [0.1, 0.15) is 34.0 Å². The summed E-state index contributed by atoms with van der Waals surface area (Å²) in [6, 6.07) is 15.1. The standard InChI is InChI=1S/C18H20N2S/c1-4-19-18(17-10-9-13(3)21-17)16-11-12(2)14-7-5-6-8-15(14)20-16/h5-11,18-19H,4H2,1-3H3. The second kappa shape index (κ2) is 5.96. The van der Waals surface area contributed by atoms with Crippen LogP contribution in [0.3, 0.4) is 0 Å². The Hall–Kier alpha value is -1.71. The molecule has 2 aromatic heterocycles. The Kier molecular flexibility index (Phi) is 4.04. The summed E-state index contributed by atoms with van der Waals surface area (Å²) in [5.74, 6) is 0. The van der Waals surface area contributed by atoms with E-state index in [-0.39, 0.29) is 6.04 Å². The highest BCUT2D eigenvalue weighted by atomic mass is 32.1. The monoisotopic (exact) mass is 296 g/mol. The highest BCUT2D eigenvalue weighted by molar-refractivity contribution is 7.12. The maximum Gasteiger partial charge on any atom is 0.0845 e. The number of hydrogen-bond donors (Lipinski definition) is 1.